The van der Waals surface area contributed by atoms with Gasteiger partial charge < -0.3 is 9.84 Å². The lowest BCUT2D eigenvalue weighted by molar-refractivity contribution is -0.122. The van der Waals surface area contributed by atoms with E-state index in [1.807, 2.05) is 30.8 Å². The molecule has 0 aliphatic rings. The molecule has 0 spiro atoms. The van der Waals surface area contributed by atoms with Crippen LogP contribution in [0.3, 0.4) is 0 Å². The highest BCUT2D eigenvalue weighted by atomic mass is 32.2. The van der Waals surface area contributed by atoms with Crippen molar-refractivity contribution in [1.29, 1.82) is 0 Å². The van der Waals surface area contributed by atoms with Gasteiger partial charge in [-0.15, -0.1) is 18.3 Å². The zero-order valence-corrected chi connectivity index (χ0v) is 30.5. The van der Waals surface area contributed by atoms with Crippen molar-refractivity contribution >= 4 is 30.5 Å². The lowest BCUT2D eigenvalue weighted by Gasteiger charge is -2.21. The Morgan fingerprint density at radius 1 is 1.09 bits per heavy atom. The third kappa shape index (κ3) is 18.6. The Kier molecular flexibility index (Phi) is 25.9. The molecule has 0 heterocycles. The maximum absolute atomic E-state index is 8.36. The molecule has 0 amide bonds. The van der Waals surface area contributed by atoms with E-state index in [0.717, 1.165) is 31.8 Å². The molecule has 0 unspecified atom stereocenters. The first-order valence-corrected chi connectivity index (χ1v) is 17.5. The van der Waals surface area contributed by atoms with Gasteiger partial charge in [-0.3, -0.25) is 14.7 Å². The second kappa shape index (κ2) is 27.9. The second-order valence-corrected chi connectivity index (χ2v) is 12.0. The lowest BCUT2D eigenvalue weighted by atomic mass is 9.90. The number of thioether (sulfide) groups is 1. The number of carbonyl (C=O) groups is 1. The van der Waals surface area contributed by atoms with E-state index in [0.29, 0.717) is 12.5 Å². The first kappa shape index (κ1) is 42.6. The molecular formula is C40H60N2O3S. The van der Waals surface area contributed by atoms with Gasteiger partial charge in [0.15, 0.2) is 0 Å². The van der Waals surface area contributed by atoms with Gasteiger partial charge in [0.25, 0.3) is 6.47 Å². The van der Waals surface area contributed by atoms with E-state index in [-0.39, 0.29) is 6.47 Å². The molecule has 2 aromatic rings. The summed E-state index contributed by atoms with van der Waals surface area (Å²) in [5.41, 5.74) is 6.34. The SMILES string of the molecule is C=CCCCN(CC)CC(=CC)S/C=C(\C)c1cc(C)ccc1OCc1ccc(C(CCC)CCC)cc1.C=N/C=C\C.O=CO. The van der Waals surface area contributed by atoms with Crippen molar-refractivity contribution in [2.45, 2.75) is 99.5 Å². The van der Waals surface area contributed by atoms with Crippen LogP contribution in [-0.2, 0) is 11.4 Å². The van der Waals surface area contributed by atoms with Gasteiger partial charge in [-0.1, -0.05) is 87.7 Å². The molecule has 0 atom stereocenters. The summed E-state index contributed by atoms with van der Waals surface area (Å²) in [4.78, 5) is 15.7. The average molecular weight is 649 g/mol. The standard InChI is InChI=1S/C35H51NOS.C4H7N.CH2O2/c1-8-13-14-23-36(12-5)25-33(11-4)38-27-29(7)34-24-28(6)17-22-35(34)37-26-30-18-20-32(21-19-30)31(15-9-2)16-10-3;1-3-4-5-2;2-1-3/h8,11,17-22,24,27,31H,1,9-10,12-16,23,25-26H2,2-7H3;3-4H,2H2,1H3;1H,(H,2,3)/b29-27+,33-11?;4-3-;. The fourth-order valence-corrected chi connectivity index (χ4v) is 5.71. The van der Waals surface area contributed by atoms with Crippen molar-refractivity contribution in [2.24, 2.45) is 4.99 Å². The van der Waals surface area contributed by atoms with E-state index in [2.05, 4.69) is 119 Å². The fraction of sp³-hybridized carbons (Fsp3) is 0.450. The number of likely N-dealkylation sites (N-methyl/N-ethyl adjacent to an activating group) is 1. The number of aryl methyl sites for hydroxylation is 1. The maximum atomic E-state index is 8.36. The van der Waals surface area contributed by atoms with Crippen LogP contribution in [-0.4, -0.2) is 42.8 Å². The molecule has 0 saturated carbocycles. The minimum Gasteiger partial charge on any atom is -0.488 e. The van der Waals surface area contributed by atoms with Crippen molar-refractivity contribution < 1.29 is 14.6 Å². The summed E-state index contributed by atoms with van der Waals surface area (Å²) in [5, 5.41) is 9.17. The summed E-state index contributed by atoms with van der Waals surface area (Å²) < 4.78 is 6.38. The Labute approximate surface area is 285 Å². The number of rotatable bonds is 19. The Morgan fingerprint density at radius 3 is 2.24 bits per heavy atom. The number of unbranched alkanes of at least 4 members (excludes halogenated alkanes) is 1. The number of ether oxygens (including phenoxy) is 1. The number of aliphatic imine (C=N–C) groups is 1. The van der Waals surface area contributed by atoms with Crippen LogP contribution in [0.4, 0.5) is 0 Å². The highest BCUT2D eigenvalue weighted by Gasteiger charge is 2.11. The van der Waals surface area contributed by atoms with E-state index in [4.69, 9.17) is 14.6 Å². The second-order valence-electron chi connectivity index (χ2n) is 11.0. The first-order chi connectivity index (χ1) is 22.3. The lowest BCUT2D eigenvalue weighted by Crippen LogP contribution is -2.26. The van der Waals surface area contributed by atoms with Crippen LogP contribution < -0.4 is 4.74 Å². The summed E-state index contributed by atoms with van der Waals surface area (Å²) in [6.45, 7) is 25.7. The van der Waals surface area contributed by atoms with Gasteiger partial charge in [0.05, 0.1) is 0 Å². The van der Waals surface area contributed by atoms with Gasteiger partial charge in [0, 0.05) is 18.3 Å². The Morgan fingerprint density at radius 2 is 1.74 bits per heavy atom. The molecule has 0 bridgehead atoms. The monoisotopic (exact) mass is 648 g/mol. The van der Waals surface area contributed by atoms with Crippen LogP contribution in [0.25, 0.3) is 5.57 Å². The normalized spacial score (nSPS) is 11.5. The zero-order chi connectivity index (χ0) is 34.6. The van der Waals surface area contributed by atoms with Crippen LogP contribution in [0.2, 0.25) is 0 Å². The number of carboxylic acid groups (broad SMARTS) is 1. The summed E-state index contributed by atoms with van der Waals surface area (Å²) in [6, 6.07) is 15.6. The predicted molar refractivity (Wildman–Crippen MR) is 204 cm³/mol. The maximum Gasteiger partial charge on any atom is 0.290 e. The summed E-state index contributed by atoms with van der Waals surface area (Å²) in [5.74, 6) is 1.62. The largest absolute Gasteiger partial charge is 0.488 e. The highest BCUT2D eigenvalue weighted by Crippen LogP contribution is 2.32. The number of hydrogen-bond donors (Lipinski definition) is 1. The third-order valence-electron chi connectivity index (χ3n) is 7.35. The molecule has 254 valence electrons. The van der Waals surface area contributed by atoms with Crippen molar-refractivity contribution in [2.75, 3.05) is 19.6 Å². The van der Waals surface area contributed by atoms with Gasteiger partial charge in [0.2, 0.25) is 0 Å². The molecule has 0 fully saturated rings. The molecule has 5 nitrogen and oxygen atoms in total. The molecule has 46 heavy (non-hydrogen) atoms. The van der Waals surface area contributed by atoms with Crippen molar-refractivity contribution in [1.82, 2.24) is 4.90 Å². The summed E-state index contributed by atoms with van der Waals surface area (Å²) >= 11 is 1.83. The number of benzene rings is 2. The molecule has 2 rings (SSSR count). The molecule has 0 aromatic heterocycles. The van der Waals surface area contributed by atoms with E-state index >= 15 is 0 Å². The molecule has 0 saturated heterocycles. The van der Waals surface area contributed by atoms with E-state index in [1.165, 1.54) is 64.8 Å². The van der Waals surface area contributed by atoms with Gasteiger partial charge in [-0.25, -0.2) is 0 Å². The molecule has 6 heteroatoms. The van der Waals surface area contributed by atoms with E-state index < -0.39 is 0 Å². The third-order valence-corrected chi connectivity index (χ3v) is 8.49. The Balaban J connectivity index is 0.00000226. The van der Waals surface area contributed by atoms with Gasteiger partial charge in [-0.2, -0.15) is 0 Å². The van der Waals surface area contributed by atoms with Crippen LogP contribution >= 0.6 is 11.8 Å². The number of hydrogen-bond acceptors (Lipinski definition) is 5. The fourth-order valence-electron chi connectivity index (χ4n) is 4.86. The summed E-state index contributed by atoms with van der Waals surface area (Å²) in [7, 11) is 0. The summed E-state index contributed by atoms with van der Waals surface area (Å²) in [6.07, 6.45) is 15.0. The van der Waals surface area contributed by atoms with Crippen molar-refractivity contribution in [3.8, 4) is 5.75 Å². The molecular weight excluding hydrogens is 589 g/mol. The molecule has 0 radical (unpaired) electrons. The Bertz CT molecular complexity index is 1200. The van der Waals surface area contributed by atoms with E-state index in [9.17, 15) is 0 Å². The first-order valence-electron chi connectivity index (χ1n) is 16.6. The van der Waals surface area contributed by atoms with Crippen LogP contribution in [0, 0.1) is 6.92 Å². The van der Waals surface area contributed by atoms with Crippen molar-refractivity contribution in [3.05, 3.63) is 106 Å². The zero-order valence-electron chi connectivity index (χ0n) is 29.6. The van der Waals surface area contributed by atoms with E-state index in [1.54, 1.807) is 6.20 Å². The Hall–Kier alpha value is -3.35. The quantitative estimate of drug-likeness (QED) is 0.0711. The molecule has 0 aliphatic carbocycles. The average Bonchev–Trinajstić information content (AvgIpc) is 3.06. The number of nitrogens with zero attached hydrogens (tertiary/aromatic N) is 2. The highest BCUT2D eigenvalue weighted by molar-refractivity contribution is 8.06. The van der Waals surface area contributed by atoms with Gasteiger partial charge >= 0.3 is 0 Å². The predicted octanol–water partition coefficient (Wildman–Crippen LogP) is 11.5. The number of allylic oxidation sites excluding steroid dienone is 4. The van der Waals surface area contributed by atoms with Crippen LogP contribution in [0.15, 0.2) is 88.8 Å². The minimum atomic E-state index is -0.250. The van der Waals surface area contributed by atoms with Crippen molar-refractivity contribution in [3.63, 3.8) is 0 Å². The van der Waals surface area contributed by atoms with Crippen LogP contribution in [0.1, 0.15) is 108 Å². The minimum absolute atomic E-state index is 0.250. The smallest absolute Gasteiger partial charge is 0.290 e. The van der Waals surface area contributed by atoms with Gasteiger partial charge in [0.1, 0.15) is 12.4 Å². The molecule has 2 aromatic carbocycles. The molecule has 0 aliphatic heterocycles. The topological polar surface area (TPSA) is 62.1 Å². The van der Waals surface area contributed by atoms with Crippen LogP contribution in [0.5, 0.6) is 5.75 Å². The van der Waals surface area contributed by atoms with Gasteiger partial charge in [-0.05, 0) is 118 Å². The molecule has 1 N–H and O–H groups in total.